The second kappa shape index (κ2) is 5.44. The summed E-state index contributed by atoms with van der Waals surface area (Å²) in [7, 11) is 0. The number of piperidine rings is 1. The minimum Gasteiger partial charge on any atom is -0.369 e. The smallest absolute Gasteiger partial charge is 0.201 e. The average molecular weight is 272 g/mol. The maximum absolute atomic E-state index is 6.12. The predicted molar refractivity (Wildman–Crippen MR) is 83.7 cm³/mol. The van der Waals surface area contributed by atoms with Crippen molar-refractivity contribution in [3.8, 4) is 0 Å². The lowest BCUT2D eigenvalue weighted by Crippen LogP contribution is -2.34. The van der Waals surface area contributed by atoms with Crippen LogP contribution in [0.4, 0.5) is 5.95 Å². The first-order valence-electron chi connectivity index (χ1n) is 7.62. The molecule has 1 aromatic carbocycles. The number of hydrogen-bond acceptors (Lipinski definition) is 3. The summed E-state index contributed by atoms with van der Waals surface area (Å²) >= 11 is 0. The maximum Gasteiger partial charge on any atom is 0.201 e. The number of benzene rings is 1. The Balaban J connectivity index is 1.79. The number of anilines is 1. The molecule has 0 atom stereocenters. The van der Waals surface area contributed by atoms with E-state index in [1.54, 1.807) is 0 Å². The van der Waals surface area contributed by atoms with Crippen LogP contribution in [-0.4, -0.2) is 34.1 Å². The molecule has 0 bridgehead atoms. The van der Waals surface area contributed by atoms with Gasteiger partial charge in [0.15, 0.2) is 0 Å². The van der Waals surface area contributed by atoms with Crippen LogP contribution in [0.3, 0.4) is 0 Å². The van der Waals surface area contributed by atoms with Crippen LogP contribution in [0, 0.1) is 12.8 Å². The van der Waals surface area contributed by atoms with Crippen molar-refractivity contribution in [3.63, 3.8) is 0 Å². The van der Waals surface area contributed by atoms with E-state index in [9.17, 15) is 0 Å². The molecule has 3 rings (SSSR count). The average Bonchev–Trinajstić information content (AvgIpc) is 2.75. The Hall–Kier alpha value is -1.55. The second-order valence-electron chi connectivity index (χ2n) is 5.95. The summed E-state index contributed by atoms with van der Waals surface area (Å²) in [5.74, 6) is 1.38. The zero-order chi connectivity index (χ0) is 14.1. The molecule has 4 heteroatoms. The fourth-order valence-corrected chi connectivity index (χ4v) is 3.19. The summed E-state index contributed by atoms with van der Waals surface area (Å²) in [5.41, 5.74) is 9.54. The van der Waals surface area contributed by atoms with Gasteiger partial charge < -0.3 is 15.2 Å². The van der Waals surface area contributed by atoms with Crippen LogP contribution < -0.4 is 5.73 Å². The summed E-state index contributed by atoms with van der Waals surface area (Å²) in [6, 6.07) is 6.40. The van der Waals surface area contributed by atoms with Gasteiger partial charge in [0.25, 0.3) is 0 Å². The van der Waals surface area contributed by atoms with E-state index in [4.69, 9.17) is 5.73 Å². The van der Waals surface area contributed by atoms with E-state index >= 15 is 0 Å². The second-order valence-corrected chi connectivity index (χ2v) is 5.95. The van der Waals surface area contributed by atoms with Gasteiger partial charge >= 0.3 is 0 Å². The van der Waals surface area contributed by atoms with Crippen molar-refractivity contribution >= 4 is 17.0 Å². The van der Waals surface area contributed by atoms with Gasteiger partial charge in [-0.2, -0.15) is 0 Å². The highest BCUT2D eigenvalue weighted by atomic mass is 15.2. The van der Waals surface area contributed by atoms with Crippen molar-refractivity contribution in [2.24, 2.45) is 5.92 Å². The van der Waals surface area contributed by atoms with Gasteiger partial charge in [0.05, 0.1) is 11.0 Å². The fraction of sp³-hybridized carbons (Fsp3) is 0.562. The van der Waals surface area contributed by atoms with E-state index in [1.165, 1.54) is 43.6 Å². The number of fused-ring (bicyclic) bond motifs is 1. The highest BCUT2D eigenvalue weighted by Crippen LogP contribution is 2.24. The van der Waals surface area contributed by atoms with Gasteiger partial charge in [0.1, 0.15) is 0 Å². The standard InChI is InChI=1S/C16H24N4/c1-3-19-8-6-13(7-9-19)11-20-15-5-4-12(2)10-14(15)18-16(20)17/h4-5,10,13H,3,6-9,11H2,1-2H3,(H2,17,18). The van der Waals surface area contributed by atoms with Crippen LogP contribution in [0.2, 0.25) is 0 Å². The molecule has 2 aromatic rings. The largest absolute Gasteiger partial charge is 0.369 e. The van der Waals surface area contributed by atoms with Crippen molar-refractivity contribution in [1.82, 2.24) is 14.5 Å². The number of aryl methyl sites for hydroxylation is 1. The molecule has 0 aliphatic carbocycles. The van der Waals surface area contributed by atoms with Crippen LogP contribution in [0.25, 0.3) is 11.0 Å². The number of nitrogens with zero attached hydrogens (tertiary/aromatic N) is 3. The van der Waals surface area contributed by atoms with E-state index in [0.717, 1.165) is 18.0 Å². The van der Waals surface area contributed by atoms with Crippen molar-refractivity contribution in [2.75, 3.05) is 25.4 Å². The van der Waals surface area contributed by atoms with Crippen LogP contribution in [0.1, 0.15) is 25.3 Å². The normalized spacial score (nSPS) is 17.9. The summed E-state index contributed by atoms with van der Waals surface area (Å²) in [6.45, 7) is 8.93. The number of nitrogens with two attached hydrogens (primary N) is 1. The van der Waals surface area contributed by atoms with Gasteiger partial charge in [-0.3, -0.25) is 0 Å². The molecule has 1 saturated heterocycles. The summed E-state index contributed by atoms with van der Waals surface area (Å²) in [4.78, 5) is 7.02. The first kappa shape index (κ1) is 13.4. The maximum atomic E-state index is 6.12. The molecule has 2 heterocycles. The quantitative estimate of drug-likeness (QED) is 0.934. The molecular weight excluding hydrogens is 248 g/mol. The Morgan fingerprint density at radius 1 is 1.30 bits per heavy atom. The van der Waals surface area contributed by atoms with Crippen LogP contribution >= 0.6 is 0 Å². The zero-order valence-electron chi connectivity index (χ0n) is 12.5. The molecule has 20 heavy (non-hydrogen) atoms. The minimum absolute atomic E-state index is 0.656. The molecule has 4 nitrogen and oxygen atoms in total. The Labute approximate surface area is 120 Å². The Morgan fingerprint density at radius 3 is 2.75 bits per heavy atom. The highest BCUT2D eigenvalue weighted by Gasteiger charge is 2.20. The van der Waals surface area contributed by atoms with Crippen molar-refractivity contribution in [2.45, 2.75) is 33.2 Å². The predicted octanol–water partition coefficient (Wildman–Crippen LogP) is 2.66. The number of nitrogen functional groups attached to an aromatic ring is 1. The first-order chi connectivity index (χ1) is 9.67. The molecule has 2 N–H and O–H groups in total. The van der Waals surface area contributed by atoms with E-state index in [2.05, 4.69) is 46.5 Å². The van der Waals surface area contributed by atoms with Gasteiger partial charge in [-0.15, -0.1) is 0 Å². The number of rotatable bonds is 3. The zero-order valence-corrected chi connectivity index (χ0v) is 12.5. The summed E-state index contributed by atoms with van der Waals surface area (Å²) in [6.07, 6.45) is 2.53. The highest BCUT2D eigenvalue weighted by molar-refractivity contribution is 5.79. The van der Waals surface area contributed by atoms with Gasteiger partial charge in [0, 0.05) is 6.54 Å². The van der Waals surface area contributed by atoms with Crippen molar-refractivity contribution in [1.29, 1.82) is 0 Å². The minimum atomic E-state index is 0.656. The van der Waals surface area contributed by atoms with E-state index in [1.807, 2.05) is 0 Å². The SMILES string of the molecule is CCN1CCC(Cn2c(N)nc3cc(C)ccc32)CC1. The van der Waals surface area contributed by atoms with Crippen molar-refractivity contribution < 1.29 is 0 Å². The number of hydrogen-bond donors (Lipinski definition) is 1. The van der Waals surface area contributed by atoms with Gasteiger partial charge in [-0.05, 0) is 63.0 Å². The van der Waals surface area contributed by atoms with Gasteiger partial charge in [-0.25, -0.2) is 4.98 Å². The topological polar surface area (TPSA) is 47.1 Å². The lowest BCUT2D eigenvalue weighted by atomic mass is 9.96. The van der Waals surface area contributed by atoms with E-state index in [0.29, 0.717) is 5.95 Å². The molecule has 0 unspecified atom stereocenters. The third kappa shape index (κ3) is 2.52. The molecular formula is C16H24N4. The molecule has 0 radical (unpaired) electrons. The van der Waals surface area contributed by atoms with Crippen LogP contribution in [0.5, 0.6) is 0 Å². The third-order valence-electron chi connectivity index (χ3n) is 4.53. The third-order valence-corrected chi connectivity index (χ3v) is 4.53. The number of aromatic nitrogens is 2. The summed E-state index contributed by atoms with van der Waals surface area (Å²) < 4.78 is 2.20. The van der Waals surface area contributed by atoms with E-state index < -0.39 is 0 Å². The van der Waals surface area contributed by atoms with Gasteiger partial charge in [0.2, 0.25) is 5.95 Å². The molecule has 108 valence electrons. The lowest BCUT2D eigenvalue weighted by molar-refractivity contribution is 0.182. The Morgan fingerprint density at radius 2 is 2.05 bits per heavy atom. The Bertz CT molecular complexity index is 594. The fourth-order valence-electron chi connectivity index (χ4n) is 3.19. The molecule has 1 fully saturated rings. The van der Waals surface area contributed by atoms with Crippen LogP contribution in [-0.2, 0) is 6.54 Å². The number of imidazole rings is 1. The molecule has 0 saturated carbocycles. The molecule has 1 aliphatic heterocycles. The molecule has 0 amide bonds. The van der Waals surface area contributed by atoms with Gasteiger partial charge in [-0.1, -0.05) is 13.0 Å². The lowest BCUT2D eigenvalue weighted by Gasteiger charge is -2.31. The molecule has 1 aromatic heterocycles. The molecule has 1 aliphatic rings. The molecule has 0 spiro atoms. The number of likely N-dealkylation sites (tertiary alicyclic amines) is 1. The Kier molecular flexibility index (Phi) is 3.66. The van der Waals surface area contributed by atoms with Crippen LogP contribution in [0.15, 0.2) is 18.2 Å². The van der Waals surface area contributed by atoms with Crippen molar-refractivity contribution in [3.05, 3.63) is 23.8 Å². The summed E-state index contributed by atoms with van der Waals surface area (Å²) in [5, 5.41) is 0. The first-order valence-corrected chi connectivity index (χ1v) is 7.62. The monoisotopic (exact) mass is 272 g/mol. The van der Waals surface area contributed by atoms with E-state index in [-0.39, 0.29) is 0 Å².